The third-order valence-electron chi connectivity index (χ3n) is 6.46. The van der Waals surface area contributed by atoms with Gasteiger partial charge in [-0.05, 0) is 57.9 Å². The van der Waals surface area contributed by atoms with Gasteiger partial charge in [0.15, 0.2) is 0 Å². The van der Waals surface area contributed by atoms with Gasteiger partial charge < -0.3 is 9.80 Å². The van der Waals surface area contributed by atoms with Crippen LogP contribution in [0.1, 0.15) is 61.5 Å². The number of aromatic nitrogens is 2. The third-order valence-corrected chi connectivity index (χ3v) is 6.46. The predicted octanol–water partition coefficient (Wildman–Crippen LogP) is 2.72. The van der Waals surface area contributed by atoms with Gasteiger partial charge in [0.2, 0.25) is 5.95 Å². The molecule has 5 rings (SSSR count). The molecule has 27 heavy (non-hydrogen) atoms. The monoisotopic (exact) mass is 371 g/mol. The zero-order valence-corrected chi connectivity index (χ0v) is 16.9. The normalized spacial score (nSPS) is 26.3. The second-order valence-corrected chi connectivity index (χ2v) is 8.52. The van der Waals surface area contributed by atoms with Gasteiger partial charge in [0.25, 0.3) is 5.91 Å². The van der Waals surface area contributed by atoms with Crippen LogP contribution in [-0.2, 0) is 0 Å². The minimum absolute atomic E-state index is 0.118. The van der Waals surface area contributed by atoms with Crippen LogP contribution in [0.15, 0.2) is 6.20 Å². The molecule has 0 N–H and O–H groups in total. The molecule has 1 aromatic heterocycles. The lowest BCUT2D eigenvalue weighted by Crippen LogP contribution is -2.44. The van der Waals surface area contributed by atoms with Crippen molar-refractivity contribution in [3.05, 3.63) is 17.5 Å². The van der Waals surface area contributed by atoms with E-state index in [0.29, 0.717) is 17.5 Å². The number of carbonyl (C=O) groups excluding carboxylic acids is 1. The second-order valence-electron chi connectivity index (χ2n) is 8.52. The van der Waals surface area contributed by atoms with Gasteiger partial charge in [-0.15, -0.1) is 0 Å². The fourth-order valence-corrected chi connectivity index (χ4v) is 4.99. The SMILES string of the molecule is CCCN1C[C@@H]2CC[C@H]1CN(C(=O)c1cnc(N3CCCCC3)nc1C)C2. The molecule has 1 aromatic rings. The summed E-state index contributed by atoms with van der Waals surface area (Å²) in [5.41, 5.74) is 1.50. The Bertz CT molecular complexity index is 673. The van der Waals surface area contributed by atoms with E-state index in [1.54, 1.807) is 6.20 Å². The van der Waals surface area contributed by atoms with Crippen LogP contribution in [0.25, 0.3) is 0 Å². The summed E-state index contributed by atoms with van der Waals surface area (Å²) in [5, 5.41) is 0. The summed E-state index contributed by atoms with van der Waals surface area (Å²) >= 11 is 0. The summed E-state index contributed by atoms with van der Waals surface area (Å²) in [6.45, 7) is 10.3. The van der Waals surface area contributed by atoms with E-state index in [-0.39, 0.29) is 5.91 Å². The maximum Gasteiger partial charge on any atom is 0.257 e. The van der Waals surface area contributed by atoms with Crippen molar-refractivity contribution in [3.8, 4) is 0 Å². The van der Waals surface area contributed by atoms with E-state index < -0.39 is 0 Å². The van der Waals surface area contributed by atoms with Gasteiger partial charge in [-0.3, -0.25) is 9.69 Å². The predicted molar refractivity (Wildman–Crippen MR) is 107 cm³/mol. The van der Waals surface area contributed by atoms with Crippen LogP contribution in [0, 0.1) is 12.8 Å². The minimum Gasteiger partial charge on any atom is -0.341 e. The van der Waals surface area contributed by atoms with Crippen molar-refractivity contribution in [2.45, 2.75) is 58.4 Å². The van der Waals surface area contributed by atoms with Crippen molar-refractivity contribution in [1.29, 1.82) is 0 Å². The van der Waals surface area contributed by atoms with Gasteiger partial charge in [-0.25, -0.2) is 9.97 Å². The molecule has 6 heteroatoms. The lowest BCUT2D eigenvalue weighted by atomic mass is 9.95. The van der Waals surface area contributed by atoms with Crippen molar-refractivity contribution in [1.82, 2.24) is 19.8 Å². The Hall–Kier alpha value is -1.69. The number of amides is 1. The first-order valence-electron chi connectivity index (χ1n) is 10.8. The van der Waals surface area contributed by atoms with Gasteiger partial charge in [0.05, 0.1) is 11.3 Å². The molecule has 4 fully saturated rings. The van der Waals surface area contributed by atoms with Crippen molar-refractivity contribution in [2.75, 3.05) is 44.2 Å². The standard InChI is InChI=1S/C21H33N5O/c1-3-9-25-13-17-7-8-18(25)15-26(14-17)20(27)19-12-22-21(23-16(19)2)24-10-5-4-6-11-24/h12,17-18H,3-11,13-15H2,1-2H3/t17-,18-/m0/s1. The van der Waals surface area contributed by atoms with Gasteiger partial charge in [0, 0.05) is 45.0 Å². The smallest absolute Gasteiger partial charge is 0.257 e. The van der Waals surface area contributed by atoms with E-state index in [0.717, 1.165) is 50.9 Å². The van der Waals surface area contributed by atoms with Gasteiger partial charge >= 0.3 is 0 Å². The van der Waals surface area contributed by atoms with Crippen LogP contribution in [0.4, 0.5) is 5.95 Å². The highest BCUT2D eigenvalue weighted by molar-refractivity contribution is 5.95. The molecule has 0 unspecified atom stereocenters. The number of anilines is 1. The van der Waals surface area contributed by atoms with Crippen LogP contribution in [0.5, 0.6) is 0 Å². The lowest BCUT2D eigenvalue weighted by Gasteiger charge is -2.35. The Balaban J connectivity index is 1.49. The van der Waals surface area contributed by atoms with Gasteiger partial charge in [-0.1, -0.05) is 6.92 Å². The fraction of sp³-hybridized carbons (Fsp3) is 0.762. The minimum atomic E-state index is 0.118. The summed E-state index contributed by atoms with van der Waals surface area (Å²) in [4.78, 5) is 29.4. The lowest BCUT2D eigenvalue weighted by molar-refractivity contribution is 0.0736. The molecule has 0 aliphatic carbocycles. The molecule has 4 aliphatic rings. The maximum absolute atomic E-state index is 13.3. The van der Waals surface area contributed by atoms with Crippen LogP contribution in [0.2, 0.25) is 0 Å². The summed E-state index contributed by atoms with van der Waals surface area (Å²) in [5.74, 6) is 1.51. The molecule has 2 atom stereocenters. The summed E-state index contributed by atoms with van der Waals surface area (Å²) in [6.07, 6.45) is 9.11. The fourth-order valence-electron chi connectivity index (χ4n) is 4.99. The van der Waals surface area contributed by atoms with Crippen molar-refractivity contribution in [3.63, 3.8) is 0 Å². The zero-order chi connectivity index (χ0) is 18.8. The Kier molecular flexibility index (Phi) is 5.62. The molecule has 2 bridgehead atoms. The van der Waals surface area contributed by atoms with Crippen molar-refractivity contribution >= 4 is 11.9 Å². The zero-order valence-electron chi connectivity index (χ0n) is 16.9. The molecule has 0 spiro atoms. The highest BCUT2D eigenvalue weighted by Gasteiger charge is 2.36. The first kappa shape index (κ1) is 18.7. The number of carbonyl (C=O) groups is 1. The molecule has 0 aromatic carbocycles. The first-order valence-corrected chi connectivity index (χ1v) is 10.8. The van der Waals surface area contributed by atoms with Crippen LogP contribution in [0.3, 0.4) is 0 Å². The Morgan fingerprint density at radius 1 is 1.15 bits per heavy atom. The quantitative estimate of drug-likeness (QED) is 0.815. The molecule has 0 saturated carbocycles. The van der Waals surface area contributed by atoms with E-state index in [2.05, 4.69) is 26.6 Å². The first-order chi connectivity index (χ1) is 13.2. The molecular formula is C21H33N5O. The maximum atomic E-state index is 13.3. The molecule has 1 amide bonds. The van der Waals surface area contributed by atoms with Gasteiger partial charge in [-0.2, -0.15) is 0 Å². The van der Waals surface area contributed by atoms with Crippen LogP contribution >= 0.6 is 0 Å². The highest BCUT2D eigenvalue weighted by Crippen LogP contribution is 2.29. The number of rotatable bonds is 4. The van der Waals surface area contributed by atoms with Crippen LogP contribution in [-0.4, -0.2) is 71.0 Å². The highest BCUT2D eigenvalue weighted by atomic mass is 16.2. The largest absolute Gasteiger partial charge is 0.341 e. The average Bonchev–Trinajstić information content (AvgIpc) is 3.00. The number of piperidine rings is 2. The summed E-state index contributed by atoms with van der Waals surface area (Å²) in [6, 6.07) is 0.515. The number of fused-ring (bicyclic) bond motifs is 4. The number of hydrogen-bond acceptors (Lipinski definition) is 5. The number of hydrogen-bond donors (Lipinski definition) is 0. The average molecular weight is 372 g/mol. The number of nitrogens with zero attached hydrogens (tertiary/aromatic N) is 5. The van der Waals surface area contributed by atoms with Crippen molar-refractivity contribution in [2.24, 2.45) is 5.92 Å². The topological polar surface area (TPSA) is 52.6 Å². The Labute approximate surface area is 162 Å². The van der Waals surface area contributed by atoms with Crippen LogP contribution < -0.4 is 4.90 Å². The molecule has 0 radical (unpaired) electrons. The van der Waals surface area contributed by atoms with E-state index in [9.17, 15) is 4.79 Å². The molecule has 6 nitrogen and oxygen atoms in total. The molecular weight excluding hydrogens is 338 g/mol. The summed E-state index contributed by atoms with van der Waals surface area (Å²) in [7, 11) is 0. The van der Waals surface area contributed by atoms with E-state index in [1.807, 2.05) is 6.92 Å². The van der Waals surface area contributed by atoms with Crippen molar-refractivity contribution < 1.29 is 4.79 Å². The second kappa shape index (κ2) is 8.13. The van der Waals surface area contributed by atoms with Gasteiger partial charge in [0.1, 0.15) is 0 Å². The summed E-state index contributed by atoms with van der Waals surface area (Å²) < 4.78 is 0. The molecule has 148 valence electrons. The third kappa shape index (κ3) is 3.96. The van der Waals surface area contributed by atoms with E-state index in [1.165, 1.54) is 38.5 Å². The van der Waals surface area contributed by atoms with E-state index in [4.69, 9.17) is 4.98 Å². The molecule has 4 saturated heterocycles. The Morgan fingerprint density at radius 2 is 1.96 bits per heavy atom. The number of aryl methyl sites for hydroxylation is 1. The molecule has 5 heterocycles. The van der Waals surface area contributed by atoms with E-state index >= 15 is 0 Å². The Morgan fingerprint density at radius 3 is 2.70 bits per heavy atom. The molecule has 4 aliphatic heterocycles.